The van der Waals surface area contributed by atoms with Gasteiger partial charge in [0, 0.05) is 61.3 Å². The third-order valence-corrected chi connectivity index (χ3v) is 5.01. The van der Waals surface area contributed by atoms with E-state index in [0.29, 0.717) is 18.5 Å². The molecular weight excluding hydrogens is 378 g/mol. The van der Waals surface area contributed by atoms with Crippen molar-refractivity contribution in [3.8, 4) is 11.1 Å². The molecule has 8 nitrogen and oxygen atoms in total. The molecule has 0 radical (unpaired) electrons. The van der Waals surface area contributed by atoms with E-state index >= 15 is 0 Å². The van der Waals surface area contributed by atoms with Gasteiger partial charge in [0.2, 0.25) is 11.9 Å². The summed E-state index contributed by atoms with van der Waals surface area (Å²) in [5.41, 5.74) is 5.84. The Kier molecular flexibility index (Phi) is 4.68. The van der Waals surface area contributed by atoms with E-state index < -0.39 is 0 Å². The van der Waals surface area contributed by atoms with Crippen LogP contribution in [0.25, 0.3) is 22.0 Å². The normalized spacial score (nSPS) is 13.1. The van der Waals surface area contributed by atoms with Crippen LogP contribution in [0.1, 0.15) is 11.3 Å². The van der Waals surface area contributed by atoms with Crippen LogP contribution in [0.2, 0.25) is 0 Å². The highest BCUT2D eigenvalue weighted by atomic mass is 16.5. The molecule has 1 aromatic carbocycles. The van der Waals surface area contributed by atoms with Crippen molar-refractivity contribution in [3.05, 3.63) is 60.3 Å². The third-order valence-electron chi connectivity index (χ3n) is 5.01. The lowest BCUT2D eigenvalue weighted by atomic mass is 10.1. The van der Waals surface area contributed by atoms with Crippen LogP contribution in [-0.2, 0) is 17.8 Å². The largest absolute Gasteiger partial charge is 0.376 e. The second kappa shape index (κ2) is 7.64. The standard InChI is InChI=1S/C22H21N7O/c1-29(2)22-25-10-17(11-26-22)14-3-4-15-9-24-21(28-20(15)8-14)27-18-7-16-13-30-6-5-19(16)23-12-18/h3-4,7-12H,5-6,13H2,1-2H3,(H,24,27,28). The fraction of sp³-hybridized carbons (Fsp3) is 0.227. The van der Waals surface area contributed by atoms with Gasteiger partial charge in [-0.25, -0.2) is 19.9 Å². The van der Waals surface area contributed by atoms with Crippen molar-refractivity contribution in [1.29, 1.82) is 0 Å². The number of anilines is 3. The Morgan fingerprint density at radius 1 is 0.933 bits per heavy atom. The molecule has 0 unspecified atom stereocenters. The van der Waals surface area contributed by atoms with Crippen LogP contribution in [0, 0.1) is 0 Å². The third kappa shape index (κ3) is 3.65. The maximum Gasteiger partial charge on any atom is 0.227 e. The summed E-state index contributed by atoms with van der Waals surface area (Å²) in [5.74, 6) is 1.20. The molecule has 0 fully saturated rings. The molecule has 30 heavy (non-hydrogen) atoms. The van der Waals surface area contributed by atoms with E-state index in [-0.39, 0.29) is 0 Å². The Labute approximate surface area is 174 Å². The lowest BCUT2D eigenvalue weighted by Gasteiger charge is -2.16. The van der Waals surface area contributed by atoms with E-state index in [4.69, 9.17) is 4.74 Å². The van der Waals surface area contributed by atoms with Crippen LogP contribution in [-0.4, -0.2) is 45.6 Å². The summed E-state index contributed by atoms with van der Waals surface area (Å²) in [6.45, 7) is 1.32. The Morgan fingerprint density at radius 2 is 1.80 bits per heavy atom. The number of aromatic nitrogens is 5. The van der Waals surface area contributed by atoms with Crippen molar-refractivity contribution in [1.82, 2.24) is 24.9 Å². The summed E-state index contributed by atoms with van der Waals surface area (Å²) in [5, 5.41) is 4.22. The molecule has 1 aliphatic rings. The van der Waals surface area contributed by atoms with E-state index in [2.05, 4.69) is 36.3 Å². The van der Waals surface area contributed by atoms with E-state index in [1.54, 1.807) is 0 Å². The van der Waals surface area contributed by atoms with Crippen LogP contribution >= 0.6 is 0 Å². The topological polar surface area (TPSA) is 89.0 Å². The molecule has 0 bridgehead atoms. The van der Waals surface area contributed by atoms with Crippen molar-refractivity contribution < 1.29 is 4.74 Å². The number of ether oxygens (including phenoxy) is 1. The van der Waals surface area contributed by atoms with Crippen molar-refractivity contribution in [3.63, 3.8) is 0 Å². The van der Waals surface area contributed by atoms with Crippen LogP contribution < -0.4 is 10.2 Å². The summed E-state index contributed by atoms with van der Waals surface area (Å²) in [6, 6.07) is 8.11. The van der Waals surface area contributed by atoms with E-state index in [0.717, 1.165) is 52.0 Å². The minimum atomic E-state index is 0.525. The van der Waals surface area contributed by atoms with Crippen LogP contribution in [0.5, 0.6) is 0 Å². The number of benzene rings is 1. The number of rotatable bonds is 4. The van der Waals surface area contributed by atoms with Crippen LogP contribution in [0.4, 0.5) is 17.6 Å². The maximum absolute atomic E-state index is 5.52. The smallest absolute Gasteiger partial charge is 0.227 e. The van der Waals surface area contributed by atoms with E-state index in [1.165, 1.54) is 0 Å². The summed E-state index contributed by atoms with van der Waals surface area (Å²) in [7, 11) is 3.84. The monoisotopic (exact) mass is 399 g/mol. The fourth-order valence-electron chi connectivity index (χ4n) is 3.40. The first-order valence-corrected chi connectivity index (χ1v) is 9.75. The molecule has 8 heteroatoms. The summed E-state index contributed by atoms with van der Waals surface area (Å²) in [6.07, 6.45) is 8.13. The predicted octanol–water partition coefficient (Wildman–Crippen LogP) is 3.36. The lowest BCUT2D eigenvalue weighted by Crippen LogP contribution is -2.12. The molecule has 1 N–H and O–H groups in total. The molecule has 0 aliphatic carbocycles. The number of fused-ring (bicyclic) bond motifs is 2. The van der Waals surface area contributed by atoms with E-state index in [1.807, 2.05) is 62.0 Å². The molecular formula is C22H21N7O. The Bertz CT molecular complexity index is 1210. The number of hydrogen-bond donors (Lipinski definition) is 1. The first-order valence-electron chi connectivity index (χ1n) is 9.75. The summed E-state index contributed by atoms with van der Waals surface area (Å²) >= 11 is 0. The Balaban J connectivity index is 1.43. The average Bonchev–Trinajstić information content (AvgIpc) is 2.78. The Hall–Kier alpha value is -3.65. The van der Waals surface area contributed by atoms with Crippen LogP contribution in [0.3, 0.4) is 0 Å². The van der Waals surface area contributed by atoms with Gasteiger partial charge in [-0.3, -0.25) is 4.98 Å². The molecule has 150 valence electrons. The van der Waals surface area contributed by atoms with Gasteiger partial charge in [-0.05, 0) is 17.7 Å². The van der Waals surface area contributed by atoms with Crippen molar-refractivity contribution in [2.24, 2.45) is 0 Å². The zero-order valence-electron chi connectivity index (χ0n) is 16.8. The van der Waals surface area contributed by atoms with Crippen molar-refractivity contribution in [2.75, 3.05) is 30.9 Å². The van der Waals surface area contributed by atoms with Crippen molar-refractivity contribution in [2.45, 2.75) is 13.0 Å². The highest BCUT2D eigenvalue weighted by Gasteiger charge is 2.12. The number of hydrogen-bond acceptors (Lipinski definition) is 8. The molecule has 0 saturated carbocycles. The van der Waals surface area contributed by atoms with Gasteiger partial charge in [0.05, 0.1) is 30.6 Å². The first kappa shape index (κ1) is 18.4. The molecule has 5 rings (SSSR count). The SMILES string of the molecule is CN(C)c1ncc(-c2ccc3cnc(Nc4cnc5c(c4)COCC5)nc3c2)cn1. The molecule has 0 atom stereocenters. The van der Waals surface area contributed by atoms with Gasteiger partial charge in [0.25, 0.3) is 0 Å². The maximum atomic E-state index is 5.52. The minimum absolute atomic E-state index is 0.525. The molecule has 4 aromatic rings. The highest BCUT2D eigenvalue weighted by molar-refractivity contribution is 5.84. The summed E-state index contributed by atoms with van der Waals surface area (Å²) in [4.78, 5) is 24.3. The van der Waals surface area contributed by atoms with Gasteiger partial charge in [0.1, 0.15) is 0 Å². The van der Waals surface area contributed by atoms with Gasteiger partial charge in [0.15, 0.2) is 0 Å². The second-order valence-electron chi connectivity index (χ2n) is 7.39. The van der Waals surface area contributed by atoms with Gasteiger partial charge in [-0.1, -0.05) is 12.1 Å². The number of nitrogens with zero attached hydrogens (tertiary/aromatic N) is 6. The van der Waals surface area contributed by atoms with Crippen molar-refractivity contribution >= 4 is 28.5 Å². The fourth-order valence-corrected chi connectivity index (χ4v) is 3.40. The predicted molar refractivity (Wildman–Crippen MR) is 116 cm³/mol. The zero-order valence-corrected chi connectivity index (χ0v) is 16.8. The van der Waals surface area contributed by atoms with Gasteiger partial charge in [-0.2, -0.15) is 0 Å². The molecule has 4 heterocycles. The van der Waals surface area contributed by atoms with E-state index in [9.17, 15) is 0 Å². The van der Waals surface area contributed by atoms with Crippen LogP contribution in [0.15, 0.2) is 49.1 Å². The minimum Gasteiger partial charge on any atom is -0.376 e. The molecule has 0 spiro atoms. The Morgan fingerprint density at radius 3 is 2.63 bits per heavy atom. The van der Waals surface area contributed by atoms with Gasteiger partial charge >= 0.3 is 0 Å². The first-order chi connectivity index (χ1) is 14.7. The highest BCUT2D eigenvalue weighted by Crippen LogP contribution is 2.25. The van der Waals surface area contributed by atoms with Gasteiger partial charge in [-0.15, -0.1) is 0 Å². The second-order valence-corrected chi connectivity index (χ2v) is 7.39. The quantitative estimate of drug-likeness (QED) is 0.559. The average molecular weight is 399 g/mol. The lowest BCUT2D eigenvalue weighted by molar-refractivity contribution is 0.109. The zero-order chi connectivity index (χ0) is 20.5. The number of pyridine rings is 1. The molecule has 0 amide bonds. The number of nitrogens with one attached hydrogen (secondary N) is 1. The van der Waals surface area contributed by atoms with Gasteiger partial charge < -0.3 is 15.0 Å². The summed E-state index contributed by atoms with van der Waals surface area (Å²) < 4.78 is 5.52. The molecule has 3 aromatic heterocycles. The molecule has 1 aliphatic heterocycles. The molecule has 0 saturated heterocycles.